The van der Waals surface area contributed by atoms with Crippen molar-refractivity contribution in [3.8, 4) is 0 Å². The number of aromatic nitrogens is 2. The van der Waals surface area contributed by atoms with E-state index < -0.39 is 0 Å². The van der Waals surface area contributed by atoms with Crippen LogP contribution >= 0.6 is 0 Å². The standard InChI is InChI=1S/C15H28N4/c1-5-7-8-9-12(3)17-15-11-14(16-10-6-2)18-13(4)19-15/h11-12H,5-10H2,1-4H3,(H2,16,17,18,19). The second-order valence-corrected chi connectivity index (χ2v) is 5.15. The summed E-state index contributed by atoms with van der Waals surface area (Å²) in [6, 6.07) is 2.46. The third-order valence-corrected chi connectivity index (χ3v) is 3.03. The molecule has 0 aromatic carbocycles. The van der Waals surface area contributed by atoms with Gasteiger partial charge >= 0.3 is 0 Å². The van der Waals surface area contributed by atoms with Crippen LogP contribution in [0, 0.1) is 6.92 Å². The number of hydrogen-bond donors (Lipinski definition) is 2. The lowest BCUT2D eigenvalue weighted by molar-refractivity contribution is 0.613. The van der Waals surface area contributed by atoms with Crippen molar-refractivity contribution in [3.05, 3.63) is 11.9 Å². The van der Waals surface area contributed by atoms with Gasteiger partial charge in [-0.2, -0.15) is 0 Å². The molecule has 0 amide bonds. The van der Waals surface area contributed by atoms with Crippen LogP contribution in [0.3, 0.4) is 0 Å². The van der Waals surface area contributed by atoms with Crippen molar-refractivity contribution in [1.29, 1.82) is 0 Å². The van der Waals surface area contributed by atoms with Gasteiger partial charge in [0.25, 0.3) is 0 Å². The van der Waals surface area contributed by atoms with Crippen LogP contribution in [0.5, 0.6) is 0 Å². The van der Waals surface area contributed by atoms with E-state index in [4.69, 9.17) is 0 Å². The number of anilines is 2. The molecule has 0 aliphatic rings. The van der Waals surface area contributed by atoms with Crippen molar-refractivity contribution in [1.82, 2.24) is 9.97 Å². The van der Waals surface area contributed by atoms with Crippen molar-refractivity contribution in [3.63, 3.8) is 0 Å². The molecule has 0 saturated heterocycles. The first-order chi connectivity index (χ1) is 9.15. The Balaban J connectivity index is 2.54. The van der Waals surface area contributed by atoms with E-state index in [9.17, 15) is 0 Å². The van der Waals surface area contributed by atoms with Gasteiger partial charge < -0.3 is 10.6 Å². The summed E-state index contributed by atoms with van der Waals surface area (Å²) in [6.07, 6.45) is 6.13. The van der Waals surface area contributed by atoms with Crippen molar-refractivity contribution in [2.24, 2.45) is 0 Å². The Labute approximate surface area is 117 Å². The lowest BCUT2D eigenvalue weighted by Gasteiger charge is -2.15. The number of hydrogen-bond acceptors (Lipinski definition) is 4. The second kappa shape index (κ2) is 8.73. The first kappa shape index (κ1) is 15.7. The minimum Gasteiger partial charge on any atom is -0.370 e. The van der Waals surface area contributed by atoms with Gasteiger partial charge in [-0.1, -0.05) is 33.1 Å². The van der Waals surface area contributed by atoms with Crippen LogP contribution in [-0.2, 0) is 0 Å². The Hall–Kier alpha value is -1.32. The molecular formula is C15H28N4. The van der Waals surface area contributed by atoms with Gasteiger partial charge in [0.15, 0.2) is 0 Å². The molecule has 0 aliphatic carbocycles. The molecule has 1 aromatic heterocycles. The van der Waals surface area contributed by atoms with E-state index in [1.807, 2.05) is 13.0 Å². The fourth-order valence-electron chi connectivity index (χ4n) is 2.01. The maximum absolute atomic E-state index is 4.45. The van der Waals surface area contributed by atoms with E-state index >= 15 is 0 Å². The Morgan fingerprint density at radius 2 is 1.84 bits per heavy atom. The number of aryl methyl sites for hydroxylation is 1. The third-order valence-electron chi connectivity index (χ3n) is 3.03. The SMILES string of the molecule is CCCCCC(C)Nc1cc(NCCC)nc(C)n1. The lowest BCUT2D eigenvalue weighted by atomic mass is 10.1. The zero-order valence-electron chi connectivity index (χ0n) is 12.8. The van der Waals surface area contributed by atoms with E-state index in [2.05, 4.69) is 41.4 Å². The summed E-state index contributed by atoms with van der Waals surface area (Å²) in [7, 11) is 0. The molecule has 0 fully saturated rings. The molecule has 1 unspecified atom stereocenters. The van der Waals surface area contributed by atoms with Crippen molar-refractivity contribution in [2.75, 3.05) is 17.2 Å². The van der Waals surface area contributed by atoms with E-state index in [1.54, 1.807) is 0 Å². The summed E-state index contributed by atoms with van der Waals surface area (Å²) < 4.78 is 0. The zero-order chi connectivity index (χ0) is 14.1. The van der Waals surface area contributed by atoms with Crippen LogP contribution in [0.15, 0.2) is 6.07 Å². The van der Waals surface area contributed by atoms with Crippen LogP contribution in [0.2, 0.25) is 0 Å². The minimum absolute atomic E-state index is 0.458. The van der Waals surface area contributed by atoms with Crippen LogP contribution < -0.4 is 10.6 Å². The Morgan fingerprint density at radius 1 is 1.11 bits per heavy atom. The first-order valence-electron chi connectivity index (χ1n) is 7.51. The molecule has 1 heterocycles. The van der Waals surface area contributed by atoms with Crippen molar-refractivity contribution < 1.29 is 0 Å². The largest absolute Gasteiger partial charge is 0.370 e. The topological polar surface area (TPSA) is 49.8 Å². The van der Waals surface area contributed by atoms with Gasteiger partial charge in [0.05, 0.1) is 0 Å². The molecule has 0 saturated carbocycles. The lowest BCUT2D eigenvalue weighted by Crippen LogP contribution is -2.17. The number of nitrogens with one attached hydrogen (secondary N) is 2. The monoisotopic (exact) mass is 264 g/mol. The molecule has 1 rings (SSSR count). The predicted octanol–water partition coefficient (Wildman–Crippen LogP) is 3.99. The molecule has 0 spiro atoms. The highest BCUT2D eigenvalue weighted by atomic mass is 15.1. The molecule has 4 nitrogen and oxygen atoms in total. The maximum Gasteiger partial charge on any atom is 0.132 e. The Bertz CT molecular complexity index is 365. The molecule has 108 valence electrons. The van der Waals surface area contributed by atoms with Gasteiger partial charge in [-0.3, -0.25) is 0 Å². The highest BCUT2D eigenvalue weighted by Crippen LogP contribution is 2.14. The van der Waals surface area contributed by atoms with Crippen LogP contribution in [0.25, 0.3) is 0 Å². The fourth-order valence-corrected chi connectivity index (χ4v) is 2.01. The van der Waals surface area contributed by atoms with E-state index in [1.165, 1.54) is 25.7 Å². The predicted molar refractivity (Wildman–Crippen MR) is 82.8 cm³/mol. The summed E-state index contributed by atoms with van der Waals surface area (Å²) >= 11 is 0. The third kappa shape index (κ3) is 6.41. The quantitative estimate of drug-likeness (QED) is 0.662. The van der Waals surface area contributed by atoms with Gasteiger partial charge in [-0.15, -0.1) is 0 Å². The Kier molecular flexibility index (Phi) is 7.23. The van der Waals surface area contributed by atoms with Gasteiger partial charge in [0, 0.05) is 18.7 Å². The number of rotatable bonds is 9. The highest BCUT2D eigenvalue weighted by Gasteiger charge is 2.05. The van der Waals surface area contributed by atoms with Gasteiger partial charge in [-0.25, -0.2) is 9.97 Å². The minimum atomic E-state index is 0.458. The fraction of sp³-hybridized carbons (Fsp3) is 0.733. The zero-order valence-corrected chi connectivity index (χ0v) is 12.8. The number of nitrogens with zero attached hydrogens (tertiary/aromatic N) is 2. The van der Waals surface area contributed by atoms with E-state index in [0.29, 0.717) is 6.04 Å². The molecule has 4 heteroatoms. The van der Waals surface area contributed by atoms with E-state index in [0.717, 1.165) is 30.4 Å². The summed E-state index contributed by atoms with van der Waals surface area (Å²) in [4.78, 5) is 8.84. The van der Waals surface area contributed by atoms with Gasteiger partial charge in [-0.05, 0) is 26.7 Å². The molecule has 19 heavy (non-hydrogen) atoms. The summed E-state index contributed by atoms with van der Waals surface area (Å²) in [5.74, 6) is 2.65. The molecule has 1 atom stereocenters. The van der Waals surface area contributed by atoms with E-state index in [-0.39, 0.29) is 0 Å². The van der Waals surface area contributed by atoms with Crippen molar-refractivity contribution >= 4 is 11.6 Å². The normalized spacial score (nSPS) is 12.2. The second-order valence-electron chi connectivity index (χ2n) is 5.15. The summed E-state index contributed by atoms with van der Waals surface area (Å²) in [5.41, 5.74) is 0. The van der Waals surface area contributed by atoms with Crippen LogP contribution in [-0.4, -0.2) is 22.6 Å². The molecule has 2 N–H and O–H groups in total. The van der Waals surface area contributed by atoms with Gasteiger partial charge in [0.2, 0.25) is 0 Å². The molecular weight excluding hydrogens is 236 g/mol. The molecule has 0 aliphatic heterocycles. The average Bonchev–Trinajstić information content (AvgIpc) is 2.36. The molecule has 0 bridgehead atoms. The average molecular weight is 264 g/mol. The number of unbranched alkanes of at least 4 members (excludes halogenated alkanes) is 2. The Morgan fingerprint density at radius 3 is 2.53 bits per heavy atom. The summed E-state index contributed by atoms with van der Waals surface area (Å²) in [6.45, 7) is 9.48. The first-order valence-corrected chi connectivity index (χ1v) is 7.51. The van der Waals surface area contributed by atoms with Crippen LogP contribution in [0.4, 0.5) is 11.6 Å². The highest BCUT2D eigenvalue weighted by molar-refractivity contribution is 5.47. The summed E-state index contributed by atoms with van der Waals surface area (Å²) in [5, 5.41) is 6.78. The van der Waals surface area contributed by atoms with Crippen LogP contribution in [0.1, 0.15) is 58.7 Å². The smallest absolute Gasteiger partial charge is 0.132 e. The molecule has 1 aromatic rings. The van der Waals surface area contributed by atoms with Crippen molar-refractivity contribution in [2.45, 2.75) is 65.8 Å². The maximum atomic E-state index is 4.45. The van der Waals surface area contributed by atoms with Gasteiger partial charge in [0.1, 0.15) is 17.5 Å². The molecule has 0 radical (unpaired) electrons.